The highest BCUT2D eigenvalue weighted by Gasteiger charge is 2.25. The fraction of sp³-hybridized carbons (Fsp3) is 0.304. The number of aromatic nitrogens is 2. The summed E-state index contributed by atoms with van der Waals surface area (Å²) in [4.78, 5) is 11.8. The van der Waals surface area contributed by atoms with Crippen molar-refractivity contribution in [1.82, 2.24) is 14.9 Å². The number of methoxy groups -OCH3 is 1. The lowest BCUT2D eigenvalue weighted by molar-refractivity contribution is 0.198. The Balaban J connectivity index is 1.56. The van der Waals surface area contributed by atoms with E-state index in [9.17, 15) is 4.39 Å². The quantitative estimate of drug-likeness (QED) is 0.648. The van der Waals surface area contributed by atoms with Gasteiger partial charge in [0.05, 0.1) is 18.5 Å². The third kappa shape index (κ3) is 4.20. The third-order valence-electron chi connectivity index (χ3n) is 5.28. The minimum Gasteiger partial charge on any atom is -0.497 e. The maximum Gasteiger partial charge on any atom is 0.123 e. The number of benzene rings is 2. The number of rotatable bonds is 5. The molecule has 1 aliphatic heterocycles. The molecule has 0 spiro atoms. The summed E-state index contributed by atoms with van der Waals surface area (Å²) in [5, 5.41) is 0. The van der Waals surface area contributed by atoms with E-state index in [0.717, 1.165) is 60.7 Å². The second kappa shape index (κ2) is 8.48. The van der Waals surface area contributed by atoms with Crippen LogP contribution in [0.2, 0.25) is 0 Å². The van der Waals surface area contributed by atoms with Crippen molar-refractivity contribution >= 4 is 0 Å². The Labute approximate surface area is 165 Å². The first-order chi connectivity index (χ1) is 13.7. The predicted molar refractivity (Wildman–Crippen MR) is 108 cm³/mol. The van der Waals surface area contributed by atoms with Crippen molar-refractivity contribution in [2.75, 3.05) is 20.2 Å². The van der Waals surface area contributed by atoms with E-state index >= 15 is 0 Å². The number of hydrogen-bond acceptors (Lipinski definition) is 4. The Morgan fingerprint density at radius 2 is 1.93 bits per heavy atom. The van der Waals surface area contributed by atoms with Gasteiger partial charge in [0.1, 0.15) is 11.6 Å². The summed E-state index contributed by atoms with van der Waals surface area (Å²) in [7, 11) is 1.67. The van der Waals surface area contributed by atoms with Gasteiger partial charge in [0, 0.05) is 37.0 Å². The van der Waals surface area contributed by atoms with E-state index in [1.54, 1.807) is 19.5 Å². The summed E-state index contributed by atoms with van der Waals surface area (Å²) in [6.45, 7) is 2.79. The molecule has 1 fully saturated rings. The molecule has 4 nitrogen and oxygen atoms in total. The van der Waals surface area contributed by atoms with Crippen molar-refractivity contribution in [1.29, 1.82) is 0 Å². The molecule has 5 heteroatoms. The minimum absolute atomic E-state index is 0.192. The van der Waals surface area contributed by atoms with Crippen LogP contribution in [0.1, 0.15) is 30.0 Å². The molecule has 0 saturated carbocycles. The Bertz CT molecular complexity index is 929. The summed E-state index contributed by atoms with van der Waals surface area (Å²) in [6.07, 6.45) is 5.73. The molecule has 3 aromatic rings. The van der Waals surface area contributed by atoms with Crippen molar-refractivity contribution in [2.45, 2.75) is 25.3 Å². The highest BCUT2D eigenvalue weighted by atomic mass is 19.1. The van der Waals surface area contributed by atoms with Gasteiger partial charge in [0.25, 0.3) is 0 Å². The maximum absolute atomic E-state index is 13.2. The summed E-state index contributed by atoms with van der Waals surface area (Å²) >= 11 is 0. The topological polar surface area (TPSA) is 38.3 Å². The van der Waals surface area contributed by atoms with Crippen LogP contribution < -0.4 is 4.74 Å². The van der Waals surface area contributed by atoms with Gasteiger partial charge in [0.2, 0.25) is 0 Å². The summed E-state index contributed by atoms with van der Waals surface area (Å²) in [5.74, 6) is 0.947. The van der Waals surface area contributed by atoms with Gasteiger partial charge in [-0.25, -0.2) is 4.39 Å². The first-order valence-corrected chi connectivity index (χ1v) is 9.65. The van der Waals surface area contributed by atoms with Gasteiger partial charge in [-0.3, -0.25) is 14.9 Å². The monoisotopic (exact) mass is 377 g/mol. The van der Waals surface area contributed by atoms with E-state index in [1.807, 2.05) is 30.3 Å². The van der Waals surface area contributed by atoms with Crippen LogP contribution in [0.15, 0.2) is 60.9 Å². The van der Waals surface area contributed by atoms with Gasteiger partial charge >= 0.3 is 0 Å². The van der Waals surface area contributed by atoms with Crippen LogP contribution in [0.4, 0.5) is 4.39 Å². The van der Waals surface area contributed by atoms with E-state index < -0.39 is 0 Å². The molecule has 2 heterocycles. The van der Waals surface area contributed by atoms with E-state index in [4.69, 9.17) is 9.72 Å². The molecule has 4 rings (SSSR count). The standard InChI is InChI=1S/C23H24FN3O/c1-28-21-6-2-4-18(14-21)22-23(26-12-11-25-22)19-5-3-13-27(16-19)15-17-7-9-20(24)10-8-17/h2,4,6-12,14,19H,3,5,13,15-16H2,1H3/t19-/m1/s1. The number of likely N-dealkylation sites (tertiary alicyclic amines) is 1. The van der Waals surface area contributed by atoms with Crippen molar-refractivity contribution in [2.24, 2.45) is 0 Å². The third-order valence-corrected chi connectivity index (χ3v) is 5.28. The fourth-order valence-corrected chi connectivity index (χ4v) is 3.91. The van der Waals surface area contributed by atoms with Gasteiger partial charge in [-0.15, -0.1) is 0 Å². The van der Waals surface area contributed by atoms with E-state index in [2.05, 4.69) is 16.0 Å². The SMILES string of the molecule is COc1cccc(-c2nccnc2[C@@H]2CCCN(Cc3ccc(F)cc3)C2)c1. The first-order valence-electron chi connectivity index (χ1n) is 9.65. The van der Waals surface area contributed by atoms with Crippen LogP contribution in [-0.4, -0.2) is 35.1 Å². The number of ether oxygens (including phenoxy) is 1. The Morgan fingerprint density at radius 3 is 2.75 bits per heavy atom. The summed E-state index contributed by atoms with van der Waals surface area (Å²) in [6, 6.07) is 14.8. The molecule has 0 N–H and O–H groups in total. The van der Waals surface area contributed by atoms with Crippen molar-refractivity contribution in [3.05, 3.63) is 78.0 Å². The molecular weight excluding hydrogens is 353 g/mol. The number of hydrogen-bond donors (Lipinski definition) is 0. The highest BCUT2D eigenvalue weighted by molar-refractivity contribution is 5.64. The molecular formula is C23H24FN3O. The predicted octanol–water partition coefficient (Wildman–Crippen LogP) is 4.67. The smallest absolute Gasteiger partial charge is 0.123 e. The lowest BCUT2D eigenvalue weighted by atomic mass is 9.91. The number of halogens is 1. The molecule has 2 aromatic carbocycles. The fourth-order valence-electron chi connectivity index (χ4n) is 3.91. The lowest BCUT2D eigenvalue weighted by Gasteiger charge is -2.33. The van der Waals surface area contributed by atoms with Crippen LogP contribution in [0.5, 0.6) is 5.75 Å². The van der Waals surface area contributed by atoms with Crippen LogP contribution in [0.3, 0.4) is 0 Å². The zero-order valence-corrected chi connectivity index (χ0v) is 16.0. The van der Waals surface area contributed by atoms with E-state index in [-0.39, 0.29) is 5.82 Å². The maximum atomic E-state index is 13.2. The largest absolute Gasteiger partial charge is 0.497 e. The van der Waals surface area contributed by atoms with Crippen molar-refractivity contribution < 1.29 is 9.13 Å². The minimum atomic E-state index is -0.192. The molecule has 0 unspecified atom stereocenters. The molecule has 0 radical (unpaired) electrons. The molecule has 28 heavy (non-hydrogen) atoms. The van der Waals surface area contributed by atoms with E-state index in [0.29, 0.717) is 5.92 Å². The molecule has 1 aliphatic rings. The molecule has 144 valence electrons. The molecule has 1 saturated heterocycles. The van der Waals surface area contributed by atoms with Crippen LogP contribution in [0.25, 0.3) is 11.3 Å². The zero-order valence-electron chi connectivity index (χ0n) is 16.0. The zero-order chi connectivity index (χ0) is 19.3. The number of nitrogens with zero attached hydrogens (tertiary/aromatic N) is 3. The van der Waals surface area contributed by atoms with Crippen molar-refractivity contribution in [3.8, 4) is 17.0 Å². The molecule has 1 atom stereocenters. The highest BCUT2D eigenvalue weighted by Crippen LogP contribution is 2.33. The molecule has 0 aliphatic carbocycles. The average Bonchev–Trinajstić information content (AvgIpc) is 2.76. The van der Waals surface area contributed by atoms with E-state index in [1.165, 1.54) is 12.1 Å². The molecule has 0 bridgehead atoms. The van der Waals surface area contributed by atoms with Crippen LogP contribution in [-0.2, 0) is 6.54 Å². The second-order valence-corrected chi connectivity index (χ2v) is 7.22. The van der Waals surface area contributed by atoms with Gasteiger partial charge in [0.15, 0.2) is 0 Å². The van der Waals surface area contributed by atoms with Gasteiger partial charge in [-0.05, 0) is 49.2 Å². The van der Waals surface area contributed by atoms with Gasteiger partial charge in [-0.2, -0.15) is 0 Å². The Kier molecular flexibility index (Phi) is 5.63. The van der Waals surface area contributed by atoms with Crippen LogP contribution >= 0.6 is 0 Å². The normalized spacial score (nSPS) is 17.4. The Morgan fingerprint density at radius 1 is 1.11 bits per heavy atom. The summed E-state index contributed by atoms with van der Waals surface area (Å²) in [5.41, 5.74) is 4.13. The van der Waals surface area contributed by atoms with Gasteiger partial charge < -0.3 is 4.74 Å². The Hall–Kier alpha value is -2.79. The molecule has 1 aromatic heterocycles. The number of piperidine rings is 1. The van der Waals surface area contributed by atoms with Crippen molar-refractivity contribution in [3.63, 3.8) is 0 Å². The second-order valence-electron chi connectivity index (χ2n) is 7.22. The molecule has 0 amide bonds. The first kappa shape index (κ1) is 18.6. The van der Waals surface area contributed by atoms with Crippen LogP contribution in [0, 0.1) is 5.82 Å². The van der Waals surface area contributed by atoms with Gasteiger partial charge in [-0.1, -0.05) is 24.3 Å². The average molecular weight is 377 g/mol. The summed E-state index contributed by atoms with van der Waals surface area (Å²) < 4.78 is 18.5. The lowest BCUT2D eigenvalue weighted by Crippen LogP contribution is -2.34.